The smallest absolute Gasteiger partial charge is 0.270 e. The van der Waals surface area contributed by atoms with Crippen molar-refractivity contribution in [2.75, 3.05) is 18.9 Å². The normalized spacial score (nSPS) is 11.7. The van der Waals surface area contributed by atoms with Crippen molar-refractivity contribution >= 4 is 17.1 Å². The van der Waals surface area contributed by atoms with Crippen molar-refractivity contribution < 1.29 is 19.2 Å². The van der Waals surface area contributed by atoms with Gasteiger partial charge in [0.05, 0.1) is 6.61 Å². The minimum absolute atomic E-state index is 0.0975. The van der Waals surface area contributed by atoms with Gasteiger partial charge in [0.1, 0.15) is 17.3 Å². The van der Waals surface area contributed by atoms with Crippen LogP contribution >= 0.6 is 0 Å². The van der Waals surface area contributed by atoms with E-state index < -0.39 is 11.2 Å². The summed E-state index contributed by atoms with van der Waals surface area (Å²) in [6.07, 6.45) is 0. The van der Waals surface area contributed by atoms with E-state index in [-0.39, 0.29) is 30.6 Å². The Balaban J connectivity index is 1.98. The first kappa shape index (κ1) is 17.3. The molecule has 2 rings (SSSR count). The predicted octanol–water partition coefficient (Wildman–Crippen LogP) is 1.84. The average molecular weight is 333 g/mol. The van der Waals surface area contributed by atoms with E-state index in [2.05, 4.69) is 5.32 Å². The van der Waals surface area contributed by atoms with Crippen molar-refractivity contribution in [3.63, 3.8) is 0 Å². The molecule has 5 nitrogen and oxygen atoms in total. The van der Waals surface area contributed by atoms with Gasteiger partial charge < -0.3 is 19.7 Å². The molecule has 0 aromatic heterocycles. The van der Waals surface area contributed by atoms with Gasteiger partial charge in [0.2, 0.25) is 0 Å². The fourth-order valence-corrected chi connectivity index (χ4v) is 3.04. The Hall–Kier alpha value is -2.02. The quantitative estimate of drug-likeness (QED) is 0.722. The number of hydrogen-bond acceptors (Lipinski definition) is 4. The van der Waals surface area contributed by atoms with Gasteiger partial charge in [0.25, 0.3) is 5.91 Å². The van der Waals surface area contributed by atoms with Crippen molar-refractivity contribution in [2.24, 2.45) is 0 Å². The van der Waals surface area contributed by atoms with Crippen molar-refractivity contribution in [1.29, 1.82) is 0 Å². The third-order valence-corrected chi connectivity index (χ3v) is 4.20. The summed E-state index contributed by atoms with van der Waals surface area (Å²) in [5.41, 5.74) is 0.782. The van der Waals surface area contributed by atoms with Crippen LogP contribution in [0.4, 0.5) is 0 Å². The summed E-state index contributed by atoms with van der Waals surface area (Å²) in [5, 5.41) is 11.1. The number of amides is 1. The number of ether oxygens (including phenoxy) is 1. The molecule has 0 saturated carbocycles. The number of aliphatic hydroxyl groups is 1. The molecule has 2 aromatic carbocycles. The largest absolute Gasteiger partial charge is 0.616 e. The molecule has 0 bridgehead atoms. The Labute approximate surface area is 138 Å². The maximum absolute atomic E-state index is 12.1. The van der Waals surface area contributed by atoms with Crippen LogP contribution in [0.15, 0.2) is 54.6 Å². The molecule has 0 heterocycles. The molecule has 0 aliphatic rings. The second kappa shape index (κ2) is 9.19. The maximum Gasteiger partial charge on any atom is 0.270 e. The van der Waals surface area contributed by atoms with Gasteiger partial charge in [-0.2, -0.15) is 0 Å². The molecule has 2 N–H and O–H groups in total. The fourth-order valence-electron chi connectivity index (χ4n) is 1.96. The van der Waals surface area contributed by atoms with Gasteiger partial charge in [-0.05, 0) is 29.4 Å². The van der Waals surface area contributed by atoms with E-state index in [9.17, 15) is 9.35 Å². The Bertz CT molecular complexity index is 621. The first-order chi connectivity index (χ1) is 11.2. The number of hydrogen-bond donors (Lipinski definition) is 2. The molecule has 0 spiro atoms. The summed E-state index contributed by atoms with van der Waals surface area (Å²) < 4.78 is 17.9. The highest BCUT2D eigenvalue weighted by Gasteiger charge is 2.16. The molecular formula is C17H19NO4S. The molecule has 122 valence electrons. The van der Waals surface area contributed by atoms with E-state index in [0.29, 0.717) is 11.5 Å². The van der Waals surface area contributed by atoms with Crippen LogP contribution in [-0.4, -0.2) is 34.5 Å². The molecule has 0 aliphatic heterocycles. The molecular weight excluding hydrogens is 314 g/mol. The molecule has 6 heteroatoms. The lowest BCUT2D eigenvalue weighted by molar-refractivity contribution is -0.118. The molecule has 1 unspecified atom stereocenters. The predicted molar refractivity (Wildman–Crippen MR) is 89.8 cm³/mol. The molecule has 0 saturated heterocycles. The highest BCUT2D eigenvalue weighted by Crippen LogP contribution is 2.26. The van der Waals surface area contributed by atoms with Crippen molar-refractivity contribution in [3.8, 4) is 11.5 Å². The van der Waals surface area contributed by atoms with Crippen molar-refractivity contribution in [2.45, 2.75) is 5.75 Å². The lowest BCUT2D eigenvalue weighted by atomic mass is 10.2. The summed E-state index contributed by atoms with van der Waals surface area (Å²) >= 11 is -1.35. The van der Waals surface area contributed by atoms with Crippen LogP contribution < -0.4 is 10.1 Å². The number of benzene rings is 2. The van der Waals surface area contributed by atoms with Gasteiger partial charge in [-0.15, -0.1) is 0 Å². The number of para-hydroxylation sites is 2. The Morgan fingerprint density at radius 1 is 1.13 bits per heavy atom. The highest BCUT2D eigenvalue weighted by molar-refractivity contribution is 7.91. The number of aliphatic hydroxyl groups excluding tert-OH is 1. The van der Waals surface area contributed by atoms with Crippen molar-refractivity contribution in [1.82, 2.24) is 5.32 Å². The third kappa shape index (κ3) is 5.94. The summed E-state index contributed by atoms with van der Waals surface area (Å²) in [6.45, 7) is 0.0376. The van der Waals surface area contributed by atoms with E-state index in [1.807, 2.05) is 54.6 Å². The average Bonchev–Trinajstić information content (AvgIpc) is 2.55. The summed E-state index contributed by atoms with van der Waals surface area (Å²) in [7, 11) is 0. The second-order valence-corrected chi connectivity index (χ2v) is 6.28. The topological polar surface area (TPSA) is 81.6 Å². The van der Waals surface area contributed by atoms with Gasteiger partial charge >= 0.3 is 0 Å². The SMILES string of the molecule is O=C(C[S+]([O-])Cc1ccccc1Oc1ccccc1)NCCO. The lowest BCUT2D eigenvalue weighted by Crippen LogP contribution is -2.32. The highest BCUT2D eigenvalue weighted by atomic mass is 32.2. The zero-order valence-electron chi connectivity index (χ0n) is 12.6. The molecule has 0 aliphatic carbocycles. The summed E-state index contributed by atoms with van der Waals surface area (Å²) in [5.74, 6) is 1.13. The first-order valence-electron chi connectivity index (χ1n) is 7.22. The maximum atomic E-state index is 12.1. The van der Waals surface area contributed by atoms with Gasteiger partial charge in [-0.25, -0.2) is 0 Å². The van der Waals surface area contributed by atoms with Crippen LogP contribution in [0.1, 0.15) is 5.56 Å². The van der Waals surface area contributed by atoms with Gasteiger partial charge in [-0.3, -0.25) is 4.79 Å². The van der Waals surface area contributed by atoms with Crippen LogP contribution in [0.25, 0.3) is 0 Å². The zero-order valence-corrected chi connectivity index (χ0v) is 13.4. The molecule has 23 heavy (non-hydrogen) atoms. The molecule has 0 radical (unpaired) electrons. The summed E-state index contributed by atoms with van der Waals surface area (Å²) in [4.78, 5) is 11.5. The minimum Gasteiger partial charge on any atom is -0.616 e. The Kier molecular flexibility index (Phi) is 6.93. The van der Waals surface area contributed by atoms with Crippen LogP contribution in [0, 0.1) is 0 Å². The lowest BCUT2D eigenvalue weighted by Gasteiger charge is -2.14. The van der Waals surface area contributed by atoms with E-state index in [1.165, 1.54) is 0 Å². The third-order valence-electron chi connectivity index (χ3n) is 2.99. The van der Waals surface area contributed by atoms with Crippen LogP contribution in [0.2, 0.25) is 0 Å². The standard InChI is InChI=1S/C17H19NO4S/c19-11-10-18-17(20)13-23(21)12-14-6-4-5-9-16(14)22-15-7-2-1-3-8-15/h1-9,19H,10-13H2,(H,18,20). The number of carbonyl (C=O) groups is 1. The van der Waals surface area contributed by atoms with Crippen LogP contribution in [-0.2, 0) is 21.7 Å². The van der Waals surface area contributed by atoms with Gasteiger partial charge in [0, 0.05) is 12.1 Å². The van der Waals surface area contributed by atoms with Crippen molar-refractivity contribution in [3.05, 3.63) is 60.2 Å². The number of nitrogens with one attached hydrogen (secondary N) is 1. The molecule has 1 atom stereocenters. The minimum atomic E-state index is -1.35. The monoisotopic (exact) mass is 333 g/mol. The molecule has 0 fully saturated rings. The second-order valence-electron chi connectivity index (χ2n) is 4.82. The van der Waals surface area contributed by atoms with Gasteiger partial charge in [-0.1, -0.05) is 36.4 Å². The zero-order chi connectivity index (χ0) is 16.5. The van der Waals surface area contributed by atoms with E-state index in [0.717, 1.165) is 5.56 Å². The Morgan fingerprint density at radius 2 is 1.83 bits per heavy atom. The van der Waals surface area contributed by atoms with E-state index >= 15 is 0 Å². The number of carbonyl (C=O) groups excluding carboxylic acids is 1. The van der Waals surface area contributed by atoms with Gasteiger partial charge in [0.15, 0.2) is 5.75 Å². The van der Waals surface area contributed by atoms with E-state index in [4.69, 9.17) is 9.84 Å². The molecule has 1 amide bonds. The summed E-state index contributed by atoms with van der Waals surface area (Å²) in [6, 6.07) is 16.7. The fraction of sp³-hybridized carbons (Fsp3) is 0.235. The Morgan fingerprint density at radius 3 is 2.57 bits per heavy atom. The van der Waals surface area contributed by atoms with E-state index in [1.54, 1.807) is 0 Å². The first-order valence-corrected chi connectivity index (χ1v) is 8.71. The van der Waals surface area contributed by atoms with Crippen LogP contribution in [0.5, 0.6) is 11.5 Å². The molecule has 2 aromatic rings. The van der Waals surface area contributed by atoms with Crippen LogP contribution in [0.3, 0.4) is 0 Å². The number of rotatable bonds is 8.